The molecule has 1 aromatic heterocycles. The normalized spacial score (nSPS) is 10.8. The number of hydrogen-bond acceptors (Lipinski definition) is 5. The fraction of sp³-hybridized carbons (Fsp3) is 0.200. The van der Waals surface area contributed by atoms with Gasteiger partial charge in [0.15, 0.2) is 0 Å². The van der Waals surface area contributed by atoms with E-state index < -0.39 is 6.09 Å². The lowest BCUT2D eigenvalue weighted by Crippen LogP contribution is -2.18. The molecular weight excluding hydrogens is 390 g/mol. The molecule has 4 rings (SSSR count). The quantitative estimate of drug-likeness (QED) is 0.414. The molecule has 0 unspecified atom stereocenters. The number of aromatic nitrogens is 1. The Morgan fingerprint density at radius 2 is 1.81 bits per heavy atom. The summed E-state index contributed by atoms with van der Waals surface area (Å²) in [7, 11) is 3.21. The van der Waals surface area contributed by atoms with Crippen molar-refractivity contribution in [2.24, 2.45) is 0 Å². The number of amides is 1. The maximum atomic E-state index is 11.4. The van der Waals surface area contributed by atoms with Gasteiger partial charge in [0.25, 0.3) is 0 Å². The van der Waals surface area contributed by atoms with Crippen LogP contribution in [0.1, 0.15) is 16.7 Å². The van der Waals surface area contributed by atoms with Crippen LogP contribution in [0.4, 0.5) is 16.2 Å². The van der Waals surface area contributed by atoms with Gasteiger partial charge < -0.3 is 20.1 Å². The van der Waals surface area contributed by atoms with E-state index in [1.165, 1.54) is 0 Å². The van der Waals surface area contributed by atoms with E-state index in [1.807, 2.05) is 37.3 Å². The Hall–Kier alpha value is -3.80. The third kappa shape index (κ3) is 4.23. The largest absolute Gasteiger partial charge is 0.496 e. The average molecular weight is 415 g/mol. The van der Waals surface area contributed by atoms with Gasteiger partial charge >= 0.3 is 6.09 Å². The molecule has 0 spiro atoms. The van der Waals surface area contributed by atoms with Crippen LogP contribution in [0.25, 0.3) is 21.8 Å². The summed E-state index contributed by atoms with van der Waals surface area (Å²) in [4.78, 5) is 16.3. The van der Waals surface area contributed by atoms with Crippen LogP contribution in [0.2, 0.25) is 0 Å². The van der Waals surface area contributed by atoms with Crippen LogP contribution < -0.4 is 15.4 Å². The van der Waals surface area contributed by atoms with E-state index in [0.29, 0.717) is 0 Å². The molecule has 0 fully saturated rings. The summed E-state index contributed by atoms with van der Waals surface area (Å²) < 4.78 is 10.7. The van der Waals surface area contributed by atoms with Crippen molar-refractivity contribution in [1.29, 1.82) is 0 Å². The molecule has 0 aliphatic carbocycles. The Bertz CT molecular complexity index is 1280. The Balaban J connectivity index is 1.82. The molecule has 1 amide bonds. The maximum absolute atomic E-state index is 11.4. The topological polar surface area (TPSA) is 72.5 Å². The van der Waals surface area contributed by atoms with Crippen LogP contribution in [0.5, 0.6) is 5.75 Å². The monoisotopic (exact) mass is 415 g/mol. The number of benzene rings is 3. The molecule has 2 N–H and O–H groups in total. The zero-order chi connectivity index (χ0) is 22.0. The fourth-order valence-electron chi connectivity index (χ4n) is 3.65. The van der Waals surface area contributed by atoms with E-state index in [0.717, 1.165) is 55.6 Å². The highest BCUT2D eigenvalue weighted by Gasteiger charge is 2.13. The fourth-order valence-corrected chi connectivity index (χ4v) is 3.65. The number of hydrogen-bond donors (Lipinski definition) is 2. The minimum absolute atomic E-state index is 0.197. The molecule has 0 atom stereocenters. The molecule has 0 aliphatic heterocycles. The van der Waals surface area contributed by atoms with E-state index in [1.54, 1.807) is 14.2 Å². The summed E-state index contributed by atoms with van der Waals surface area (Å²) in [5.74, 6) is 0.811. The number of ether oxygens (including phenoxy) is 2. The van der Waals surface area contributed by atoms with Gasteiger partial charge in [0.05, 0.1) is 23.8 Å². The summed E-state index contributed by atoms with van der Waals surface area (Å²) in [5.41, 5.74) is 6.75. The Morgan fingerprint density at radius 1 is 1.00 bits per heavy atom. The Labute approximate surface area is 181 Å². The first-order valence-corrected chi connectivity index (χ1v) is 10.1. The molecule has 6 nitrogen and oxygen atoms in total. The number of methoxy groups -OCH3 is 1. The number of carbonyl (C=O) groups excluding carboxylic acids is 1. The predicted octanol–water partition coefficient (Wildman–Crippen LogP) is 5.61. The van der Waals surface area contributed by atoms with Crippen molar-refractivity contribution in [2.45, 2.75) is 20.5 Å². The summed E-state index contributed by atoms with van der Waals surface area (Å²) in [5, 5.41) is 8.09. The maximum Gasteiger partial charge on any atom is 0.407 e. The van der Waals surface area contributed by atoms with Gasteiger partial charge in [-0.15, -0.1) is 0 Å². The molecule has 0 saturated heterocycles. The lowest BCUT2D eigenvalue weighted by atomic mass is 10.0. The van der Waals surface area contributed by atoms with Crippen LogP contribution >= 0.6 is 0 Å². The zero-order valence-corrected chi connectivity index (χ0v) is 18.1. The number of alkyl carbamates (subject to hydrolysis) is 1. The molecule has 0 saturated carbocycles. The second-order valence-corrected chi connectivity index (χ2v) is 7.50. The van der Waals surface area contributed by atoms with Gasteiger partial charge in [-0.05, 0) is 54.8 Å². The van der Waals surface area contributed by atoms with Crippen LogP contribution in [0.3, 0.4) is 0 Å². The third-order valence-corrected chi connectivity index (χ3v) is 5.22. The predicted molar refractivity (Wildman–Crippen MR) is 124 cm³/mol. The number of carbonyl (C=O) groups is 1. The lowest BCUT2D eigenvalue weighted by Gasteiger charge is -2.16. The van der Waals surface area contributed by atoms with E-state index in [9.17, 15) is 4.79 Å². The lowest BCUT2D eigenvalue weighted by molar-refractivity contribution is 0.142. The van der Waals surface area contributed by atoms with Crippen molar-refractivity contribution in [2.75, 3.05) is 19.5 Å². The first-order valence-electron chi connectivity index (χ1n) is 10.1. The SMILES string of the molecule is CNC(=O)OCc1cccc(Nc2c3ccc(C)cc3nc3cc(OC)c(C)cc23)c1. The highest BCUT2D eigenvalue weighted by atomic mass is 16.5. The number of fused-ring (bicyclic) bond motifs is 2. The molecule has 0 radical (unpaired) electrons. The Kier molecular flexibility index (Phi) is 5.62. The van der Waals surface area contributed by atoms with Crippen molar-refractivity contribution in [3.8, 4) is 5.75 Å². The highest BCUT2D eigenvalue weighted by molar-refractivity contribution is 6.09. The van der Waals surface area contributed by atoms with Gasteiger partial charge in [0, 0.05) is 29.6 Å². The minimum atomic E-state index is -0.454. The summed E-state index contributed by atoms with van der Waals surface area (Å²) >= 11 is 0. The number of pyridine rings is 1. The van der Waals surface area contributed by atoms with E-state index in [-0.39, 0.29) is 6.61 Å². The second kappa shape index (κ2) is 8.52. The summed E-state index contributed by atoms with van der Waals surface area (Å²) in [6, 6.07) is 18.2. The third-order valence-electron chi connectivity index (χ3n) is 5.22. The molecule has 0 aliphatic rings. The minimum Gasteiger partial charge on any atom is -0.496 e. The number of nitrogens with zero attached hydrogens (tertiary/aromatic N) is 1. The highest BCUT2D eigenvalue weighted by Crippen LogP contribution is 2.36. The zero-order valence-electron chi connectivity index (χ0n) is 18.1. The van der Waals surface area contributed by atoms with Gasteiger partial charge in [0.1, 0.15) is 12.4 Å². The number of anilines is 2. The molecule has 4 aromatic rings. The van der Waals surface area contributed by atoms with Gasteiger partial charge in [0.2, 0.25) is 0 Å². The summed E-state index contributed by atoms with van der Waals surface area (Å²) in [6.07, 6.45) is -0.454. The van der Waals surface area contributed by atoms with Crippen molar-refractivity contribution in [3.63, 3.8) is 0 Å². The standard InChI is InChI=1S/C25H25N3O3/c1-15-8-9-19-21(10-15)28-22-13-23(30-4)16(2)11-20(22)24(19)27-18-7-5-6-17(12-18)14-31-25(29)26-3/h5-13H,14H2,1-4H3,(H,26,29)(H,27,28). The number of aryl methyl sites for hydroxylation is 2. The van der Waals surface area contributed by atoms with Crippen molar-refractivity contribution < 1.29 is 14.3 Å². The van der Waals surface area contributed by atoms with E-state index >= 15 is 0 Å². The second-order valence-electron chi connectivity index (χ2n) is 7.50. The van der Waals surface area contributed by atoms with Crippen LogP contribution in [-0.2, 0) is 11.3 Å². The van der Waals surface area contributed by atoms with Crippen molar-refractivity contribution in [3.05, 3.63) is 71.3 Å². The molecule has 0 bridgehead atoms. The molecule has 6 heteroatoms. The van der Waals surface area contributed by atoms with Gasteiger partial charge in [-0.25, -0.2) is 9.78 Å². The van der Waals surface area contributed by atoms with E-state index in [2.05, 4.69) is 41.8 Å². The first-order chi connectivity index (χ1) is 15.0. The van der Waals surface area contributed by atoms with Crippen LogP contribution in [0.15, 0.2) is 54.6 Å². The number of nitrogens with one attached hydrogen (secondary N) is 2. The molecule has 1 heterocycles. The molecular formula is C25H25N3O3. The van der Waals surface area contributed by atoms with Gasteiger partial charge in [-0.3, -0.25) is 0 Å². The Morgan fingerprint density at radius 3 is 2.58 bits per heavy atom. The summed E-state index contributed by atoms with van der Waals surface area (Å²) in [6.45, 7) is 4.28. The van der Waals surface area contributed by atoms with Crippen LogP contribution in [0, 0.1) is 13.8 Å². The van der Waals surface area contributed by atoms with Gasteiger partial charge in [-0.2, -0.15) is 0 Å². The van der Waals surface area contributed by atoms with E-state index in [4.69, 9.17) is 14.5 Å². The van der Waals surface area contributed by atoms with Crippen LogP contribution in [-0.4, -0.2) is 25.2 Å². The average Bonchev–Trinajstić information content (AvgIpc) is 2.77. The molecule has 158 valence electrons. The van der Waals surface area contributed by atoms with Gasteiger partial charge in [-0.1, -0.05) is 24.3 Å². The first kappa shape index (κ1) is 20.5. The van der Waals surface area contributed by atoms with Crippen molar-refractivity contribution >= 4 is 39.3 Å². The molecule has 3 aromatic carbocycles. The molecule has 31 heavy (non-hydrogen) atoms. The number of rotatable bonds is 5. The van der Waals surface area contributed by atoms with Crippen molar-refractivity contribution in [1.82, 2.24) is 10.3 Å². The smallest absolute Gasteiger partial charge is 0.407 e.